The Kier molecular flexibility index (Phi) is 4.97. The van der Waals surface area contributed by atoms with Gasteiger partial charge in [0.15, 0.2) is 0 Å². The van der Waals surface area contributed by atoms with Crippen LogP contribution in [0.4, 0.5) is 0 Å². The third-order valence-corrected chi connectivity index (χ3v) is 4.93. The zero-order valence-corrected chi connectivity index (χ0v) is 13.1. The summed E-state index contributed by atoms with van der Waals surface area (Å²) in [7, 11) is -3.56. The highest BCUT2D eigenvalue weighted by Gasteiger charge is 2.22. The number of rotatable bonds is 4. The van der Waals surface area contributed by atoms with E-state index in [0.29, 0.717) is 38.4 Å². The molecule has 0 aromatic heterocycles. The largest absolute Gasteiger partial charge is 0.378 e. The van der Waals surface area contributed by atoms with E-state index in [1.165, 1.54) is 12.1 Å². The van der Waals surface area contributed by atoms with Crippen molar-refractivity contribution in [3.8, 4) is 0 Å². The van der Waals surface area contributed by atoms with Crippen molar-refractivity contribution in [3.05, 3.63) is 29.3 Å². The minimum absolute atomic E-state index is 0.117. The van der Waals surface area contributed by atoms with Crippen molar-refractivity contribution in [1.82, 2.24) is 9.62 Å². The van der Waals surface area contributed by atoms with Crippen LogP contribution in [0, 0.1) is 6.92 Å². The maximum atomic E-state index is 12.5. The van der Waals surface area contributed by atoms with Gasteiger partial charge in [0.05, 0.1) is 18.1 Å². The predicted octanol–water partition coefficient (Wildman–Crippen LogP) is 0.766. The van der Waals surface area contributed by atoms with E-state index in [1.54, 1.807) is 24.8 Å². The Labute approximate surface area is 125 Å². The van der Waals surface area contributed by atoms with Crippen LogP contribution in [0.15, 0.2) is 23.1 Å². The number of carbonyl (C=O) groups is 1. The number of sulfonamides is 1. The summed E-state index contributed by atoms with van der Waals surface area (Å²) < 4.78 is 31.7. The van der Waals surface area contributed by atoms with E-state index in [2.05, 4.69) is 4.72 Å². The second kappa shape index (κ2) is 6.55. The van der Waals surface area contributed by atoms with Gasteiger partial charge < -0.3 is 9.64 Å². The van der Waals surface area contributed by atoms with E-state index < -0.39 is 10.0 Å². The number of carbonyl (C=O) groups excluding carboxylic acids is 1. The molecule has 1 amide bonds. The highest BCUT2D eigenvalue weighted by atomic mass is 32.2. The van der Waals surface area contributed by atoms with Crippen LogP contribution in [0.5, 0.6) is 0 Å². The number of aryl methyl sites for hydroxylation is 1. The molecule has 1 aromatic rings. The van der Waals surface area contributed by atoms with Crippen LogP contribution in [0.2, 0.25) is 0 Å². The third-order valence-electron chi connectivity index (χ3n) is 3.38. The second-order valence-corrected chi connectivity index (χ2v) is 6.65. The molecule has 21 heavy (non-hydrogen) atoms. The normalized spacial score (nSPS) is 16.0. The summed E-state index contributed by atoms with van der Waals surface area (Å²) in [4.78, 5) is 14.3. The lowest BCUT2D eigenvalue weighted by Gasteiger charge is -2.27. The fraction of sp³-hybridized carbons (Fsp3) is 0.500. The lowest BCUT2D eigenvalue weighted by molar-refractivity contribution is 0.0302. The molecular weight excluding hydrogens is 292 g/mol. The van der Waals surface area contributed by atoms with Crippen LogP contribution >= 0.6 is 0 Å². The van der Waals surface area contributed by atoms with Gasteiger partial charge in [0.2, 0.25) is 10.0 Å². The Morgan fingerprint density at radius 3 is 2.62 bits per heavy atom. The second-order valence-electron chi connectivity index (χ2n) is 4.88. The summed E-state index contributed by atoms with van der Waals surface area (Å²) in [6.07, 6.45) is 0. The first-order chi connectivity index (χ1) is 9.95. The van der Waals surface area contributed by atoms with Gasteiger partial charge in [-0.15, -0.1) is 0 Å². The fourth-order valence-electron chi connectivity index (χ4n) is 2.21. The lowest BCUT2D eigenvalue weighted by atomic mass is 10.1. The van der Waals surface area contributed by atoms with E-state index in [-0.39, 0.29) is 10.8 Å². The highest BCUT2D eigenvalue weighted by Crippen LogP contribution is 2.18. The third kappa shape index (κ3) is 3.61. The van der Waals surface area contributed by atoms with E-state index in [0.717, 1.165) is 5.56 Å². The van der Waals surface area contributed by atoms with Gasteiger partial charge in [0.25, 0.3) is 5.91 Å². The molecule has 0 bridgehead atoms. The Morgan fingerprint density at radius 2 is 2.00 bits per heavy atom. The van der Waals surface area contributed by atoms with Crippen molar-refractivity contribution in [3.63, 3.8) is 0 Å². The molecule has 1 fully saturated rings. The van der Waals surface area contributed by atoms with Crippen LogP contribution in [0.25, 0.3) is 0 Å². The molecule has 1 N–H and O–H groups in total. The number of hydrogen-bond acceptors (Lipinski definition) is 4. The Balaban J connectivity index is 2.33. The quantitative estimate of drug-likeness (QED) is 0.891. The molecule has 116 valence electrons. The average Bonchev–Trinajstić information content (AvgIpc) is 2.47. The standard InChI is InChI=1S/C14H20N2O4S/c1-3-15-21(18,19)12-5-4-11(2)13(10-12)14(17)16-6-8-20-9-7-16/h4-5,10,15H,3,6-9H2,1-2H3. The van der Waals surface area contributed by atoms with Crippen molar-refractivity contribution >= 4 is 15.9 Å². The monoisotopic (exact) mass is 312 g/mol. The van der Waals surface area contributed by atoms with E-state index in [1.807, 2.05) is 0 Å². The molecule has 7 heteroatoms. The number of hydrogen-bond donors (Lipinski definition) is 1. The molecule has 1 heterocycles. The maximum Gasteiger partial charge on any atom is 0.254 e. The molecule has 1 aliphatic heterocycles. The van der Waals surface area contributed by atoms with Gasteiger partial charge in [0.1, 0.15) is 0 Å². The van der Waals surface area contributed by atoms with Gasteiger partial charge in [-0.3, -0.25) is 4.79 Å². The summed E-state index contributed by atoms with van der Waals surface area (Å²) in [6.45, 7) is 5.91. The first-order valence-electron chi connectivity index (χ1n) is 6.93. The molecule has 1 aliphatic rings. The number of ether oxygens (including phenoxy) is 1. The smallest absolute Gasteiger partial charge is 0.254 e. The number of amides is 1. The van der Waals surface area contributed by atoms with Crippen molar-refractivity contribution < 1.29 is 17.9 Å². The van der Waals surface area contributed by atoms with E-state index >= 15 is 0 Å². The summed E-state index contributed by atoms with van der Waals surface area (Å²) in [6, 6.07) is 4.63. The Hall–Kier alpha value is -1.44. The van der Waals surface area contributed by atoms with Gasteiger partial charge in [-0.25, -0.2) is 13.1 Å². The molecule has 0 saturated carbocycles. The zero-order chi connectivity index (χ0) is 15.5. The minimum Gasteiger partial charge on any atom is -0.378 e. The highest BCUT2D eigenvalue weighted by molar-refractivity contribution is 7.89. The summed E-state index contributed by atoms with van der Waals surface area (Å²) in [5, 5.41) is 0. The van der Waals surface area contributed by atoms with Crippen LogP contribution in [0.1, 0.15) is 22.8 Å². The molecule has 0 aliphatic carbocycles. The molecule has 0 atom stereocenters. The van der Waals surface area contributed by atoms with Crippen LogP contribution in [-0.2, 0) is 14.8 Å². The number of nitrogens with zero attached hydrogens (tertiary/aromatic N) is 1. The zero-order valence-electron chi connectivity index (χ0n) is 12.3. The number of nitrogens with one attached hydrogen (secondary N) is 1. The van der Waals surface area contributed by atoms with Gasteiger partial charge in [0, 0.05) is 25.2 Å². The van der Waals surface area contributed by atoms with Crippen molar-refractivity contribution in [2.45, 2.75) is 18.7 Å². The lowest BCUT2D eigenvalue weighted by Crippen LogP contribution is -2.41. The predicted molar refractivity (Wildman–Crippen MR) is 78.8 cm³/mol. The topological polar surface area (TPSA) is 75.7 Å². The van der Waals surface area contributed by atoms with Gasteiger partial charge in [-0.2, -0.15) is 0 Å². The van der Waals surface area contributed by atoms with E-state index in [9.17, 15) is 13.2 Å². The molecule has 1 saturated heterocycles. The maximum absolute atomic E-state index is 12.5. The van der Waals surface area contributed by atoms with Gasteiger partial charge in [-0.05, 0) is 24.6 Å². The van der Waals surface area contributed by atoms with Gasteiger partial charge >= 0.3 is 0 Å². The molecular formula is C14H20N2O4S. The number of morpholine rings is 1. The summed E-state index contributed by atoms with van der Waals surface area (Å²) in [5.74, 6) is -0.149. The first kappa shape index (κ1) is 15.9. The van der Waals surface area contributed by atoms with Crippen LogP contribution in [-0.4, -0.2) is 52.1 Å². The SMILES string of the molecule is CCNS(=O)(=O)c1ccc(C)c(C(=O)N2CCOCC2)c1. The van der Waals surface area contributed by atoms with Crippen molar-refractivity contribution in [2.75, 3.05) is 32.8 Å². The van der Waals surface area contributed by atoms with Crippen molar-refractivity contribution in [2.24, 2.45) is 0 Å². The molecule has 0 unspecified atom stereocenters. The van der Waals surface area contributed by atoms with E-state index in [4.69, 9.17) is 4.74 Å². The minimum atomic E-state index is -3.56. The number of benzene rings is 1. The van der Waals surface area contributed by atoms with Crippen LogP contribution < -0.4 is 4.72 Å². The Morgan fingerprint density at radius 1 is 1.33 bits per heavy atom. The van der Waals surface area contributed by atoms with Crippen molar-refractivity contribution in [1.29, 1.82) is 0 Å². The molecule has 6 nitrogen and oxygen atoms in total. The van der Waals surface area contributed by atoms with Gasteiger partial charge in [-0.1, -0.05) is 13.0 Å². The fourth-order valence-corrected chi connectivity index (χ4v) is 3.28. The molecule has 0 radical (unpaired) electrons. The van der Waals surface area contributed by atoms with Crippen LogP contribution in [0.3, 0.4) is 0 Å². The molecule has 1 aromatic carbocycles. The average molecular weight is 312 g/mol. The molecule has 0 spiro atoms. The summed E-state index contributed by atoms with van der Waals surface area (Å²) in [5.41, 5.74) is 1.19. The Bertz CT molecular complexity index is 622. The molecule has 2 rings (SSSR count). The summed E-state index contributed by atoms with van der Waals surface area (Å²) >= 11 is 0. The first-order valence-corrected chi connectivity index (χ1v) is 8.41.